The normalized spacial score (nSPS) is 14.2. The van der Waals surface area contributed by atoms with Crippen molar-refractivity contribution in [2.45, 2.75) is 6.54 Å². The number of nitrogens with zero attached hydrogens (tertiary/aromatic N) is 2. The highest BCUT2D eigenvalue weighted by atomic mass is 16.5. The number of nitrogens with one attached hydrogen (secondary N) is 2. The Morgan fingerprint density at radius 2 is 2.30 bits per heavy atom. The number of fused-ring (bicyclic) bond motifs is 1. The van der Waals surface area contributed by atoms with Gasteiger partial charge in [-0.1, -0.05) is 0 Å². The van der Waals surface area contributed by atoms with Crippen LogP contribution in [0, 0.1) is 0 Å². The van der Waals surface area contributed by atoms with Crippen LogP contribution in [0.25, 0.3) is 11.1 Å². The first-order valence-corrected chi connectivity index (χ1v) is 6.85. The summed E-state index contributed by atoms with van der Waals surface area (Å²) in [5, 5.41) is 4.90. The number of carbonyl (C=O) groups excluding carboxylic acids is 3. The van der Waals surface area contributed by atoms with Crippen LogP contribution in [0.5, 0.6) is 5.75 Å². The van der Waals surface area contributed by atoms with Crippen molar-refractivity contribution >= 4 is 28.9 Å². The van der Waals surface area contributed by atoms with Gasteiger partial charge in [0.25, 0.3) is 5.91 Å². The molecule has 2 aromatic rings. The molecule has 3 rings (SSSR count). The summed E-state index contributed by atoms with van der Waals surface area (Å²) >= 11 is 0. The molecular weight excluding hydrogens is 304 g/mol. The molecule has 9 nitrogen and oxygen atoms in total. The highest BCUT2D eigenvalue weighted by Crippen LogP contribution is 2.21. The van der Waals surface area contributed by atoms with E-state index in [1.165, 1.54) is 0 Å². The summed E-state index contributed by atoms with van der Waals surface area (Å²) in [6.45, 7) is -0.364. The lowest BCUT2D eigenvalue weighted by Gasteiger charge is -2.11. The summed E-state index contributed by atoms with van der Waals surface area (Å²) in [4.78, 5) is 39.6. The smallest absolute Gasteiger partial charge is 0.325 e. The first kappa shape index (κ1) is 14.8. The van der Waals surface area contributed by atoms with E-state index in [9.17, 15) is 14.4 Å². The zero-order valence-corrected chi connectivity index (χ0v) is 12.3. The maximum atomic E-state index is 11.8. The minimum absolute atomic E-state index is 0.0550. The molecule has 9 heteroatoms. The zero-order valence-electron chi connectivity index (χ0n) is 12.3. The van der Waals surface area contributed by atoms with Crippen molar-refractivity contribution in [1.29, 1.82) is 0 Å². The van der Waals surface area contributed by atoms with Crippen molar-refractivity contribution in [3.05, 3.63) is 24.1 Å². The summed E-state index contributed by atoms with van der Waals surface area (Å²) in [6, 6.07) is 4.61. The van der Waals surface area contributed by atoms with Gasteiger partial charge in [0.05, 0.1) is 20.2 Å². The fraction of sp³-hybridized carbons (Fsp3) is 0.286. The van der Waals surface area contributed by atoms with Crippen LogP contribution in [-0.2, 0) is 16.1 Å². The van der Waals surface area contributed by atoms with Crippen molar-refractivity contribution < 1.29 is 23.5 Å². The molecule has 2 N–H and O–H groups in total. The first-order valence-electron chi connectivity index (χ1n) is 6.85. The van der Waals surface area contributed by atoms with Crippen LogP contribution in [-0.4, -0.2) is 47.9 Å². The summed E-state index contributed by atoms with van der Waals surface area (Å²) in [5.74, 6) is 0.0630. The predicted molar refractivity (Wildman–Crippen MR) is 77.5 cm³/mol. The topological polar surface area (TPSA) is 114 Å². The molecule has 1 aromatic heterocycles. The highest BCUT2D eigenvalue weighted by Gasteiger charge is 2.30. The molecule has 23 heavy (non-hydrogen) atoms. The van der Waals surface area contributed by atoms with E-state index >= 15 is 0 Å². The molecule has 1 aliphatic heterocycles. The van der Waals surface area contributed by atoms with Gasteiger partial charge >= 0.3 is 6.03 Å². The summed E-state index contributed by atoms with van der Waals surface area (Å²) in [6.07, 6.45) is 0. The number of aromatic nitrogens is 1. The van der Waals surface area contributed by atoms with Crippen LogP contribution in [0.3, 0.4) is 0 Å². The molecular formula is C14H14N4O5. The second-order valence-corrected chi connectivity index (χ2v) is 4.86. The number of urea groups is 1. The van der Waals surface area contributed by atoms with Gasteiger partial charge in [0, 0.05) is 6.07 Å². The van der Waals surface area contributed by atoms with Gasteiger partial charge in [-0.05, 0) is 12.1 Å². The Morgan fingerprint density at radius 1 is 1.48 bits per heavy atom. The van der Waals surface area contributed by atoms with Crippen molar-refractivity contribution in [3.8, 4) is 5.75 Å². The molecule has 0 radical (unpaired) electrons. The Balaban J connectivity index is 1.60. The minimum atomic E-state index is -0.570. The fourth-order valence-corrected chi connectivity index (χ4v) is 2.15. The average molecular weight is 318 g/mol. The number of oxazole rings is 1. The highest BCUT2D eigenvalue weighted by molar-refractivity contribution is 6.04. The number of hydrogen-bond acceptors (Lipinski definition) is 6. The van der Waals surface area contributed by atoms with Crippen LogP contribution in [0.2, 0.25) is 0 Å². The molecule has 0 spiro atoms. The summed E-state index contributed by atoms with van der Waals surface area (Å²) < 4.78 is 10.6. The summed E-state index contributed by atoms with van der Waals surface area (Å²) in [7, 11) is 1.55. The van der Waals surface area contributed by atoms with E-state index in [4.69, 9.17) is 9.15 Å². The Bertz CT molecular complexity index is 769. The molecule has 0 bridgehead atoms. The SMILES string of the molecule is COc1ccc2oc(CNC(=O)CN3C(=O)CNC3=O)nc2c1. The lowest BCUT2D eigenvalue weighted by atomic mass is 10.3. The largest absolute Gasteiger partial charge is 0.497 e. The molecule has 1 aromatic carbocycles. The Labute approximate surface area is 130 Å². The van der Waals surface area contributed by atoms with Crippen LogP contribution >= 0.6 is 0 Å². The van der Waals surface area contributed by atoms with Crippen molar-refractivity contribution in [2.24, 2.45) is 0 Å². The number of hydrogen-bond donors (Lipinski definition) is 2. The molecule has 0 aliphatic carbocycles. The van der Waals surface area contributed by atoms with E-state index < -0.39 is 17.8 Å². The number of rotatable bonds is 5. The molecule has 1 saturated heterocycles. The number of amides is 4. The zero-order chi connectivity index (χ0) is 16.4. The van der Waals surface area contributed by atoms with E-state index in [0.29, 0.717) is 22.7 Å². The van der Waals surface area contributed by atoms with E-state index in [1.807, 2.05) is 0 Å². The van der Waals surface area contributed by atoms with E-state index in [1.54, 1.807) is 25.3 Å². The molecule has 0 saturated carbocycles. The van der Waals surface area contributed by atoms with Gasteiger partial charge in [0.15, 0.2) is 5.58 Å². The molecule has 1 fully saturated rings. The standard InChI is InChI=1S/C14H14N4O5/c1-22-8-2-3-10-9(4-8)17-12(23-10)5-15-11(19)7-18-13(20)6-16-14(18)21/h2-4H,5-7H2,1H3,(H,15,19)(H,16,21). The van der Waals surface area contributed by atoms with Gasteiger partial charge in [-0.15, -0.1) is 0 Å². The first-order chi connectivity index (χ1) is 11.1. The molecule has 0 atom stereocenters. The third-order valence-electron chi connectivity index (χ3n) is 3.31. The lowest BCUT2D eigenvalue weighted by Crippen LogP contribution is -2.40. The number of carbonyl (C=O) groups is 3. The van der Waals surface area contributed by atoms with Crippen LogP contribution in [0.15, 0.2) is 22.6 Å². The summed E-state index contributed by atoms with van der Waals surface area (Å²) in [5.41, 5.74) is 1.19. The van der Waals surface area contributed by atoms with Crippen molar-refractivity contribution in [2.75, 3.05) is 20.2 Å². The average Bonchev–Trinajstić information content (AvgIpc) is 3.09. The molecule has 4 amide bonds. The number of methoxy groups -OCH3 is 1. The molecule has 0 unspecified atom stereocenters. The fourth-order valence-electron chi connectivity index (χ4n) is 2.15. The van der Waals surface area contributed by atoms with Gasteiger partial charge in [0.1, 0.15) is 17.8 Å². The third-order valence-corrected chi connectivity index (χ3v) is 3.31. The predicted octanol–water partition coefficient (Wildman–Crippen LogP) is 0.00440. The van der Waals surface area contributed by atoms with Gasteiger partial charge in [0.2, 0.25) is 11.8 Å². The Hall–Kier alpha value is -3.10. The van der Waals surface area contributed by atoms with Crippen LogP contribution in [0.1, 0.15) is 5.89 Å². The monoisotopic (exact) mass is 318 g/mol. The number of imide groups is 1. The quantitative estimate of drug-likeness (QED) is 0.750. The van der Waals surface area contributed by atoms with Gasteiger partial charge in [-0.25, -0.2) is 9.78 Å². The van der Waals surface area contributed by atoms with Crippen molar-refractivity contribution in [3.63, 3.8) is 0 Å². The van der Waals surface area contributed by atoms with Gasteiger partial charge in [-0.3, -0.25) is 14.5 Å². The second-order valence-electron chi connectivity index (χ2n) is 4.86. The molecule has 2 heterocycles. The van der Waals surface area contributed by atoms with E-state index in [0.717, 1.165) is 4.90 Å². The molecule has 120 valence electrons. The van der Waals surface area contributed by atoms with E-state index in [-0.39, 0.29) is 19.6 Å². The Kier molecular flexibility index (Phi) is 3.83. The number of benzene rings is 1. The van der Waals surface area contributed by atoms with Crippen LogP contribution in [0.4, 0.5) is 4.79 Å². The van der Waals surface area contributed by atoms with Crippen molar-refractivity contribution in [1.82, 2.24) is 20.5 Å². The lowest BCUT2D eigenvalue weighted by molar-refractivity contribution is -0.130. The van der Waals surface area contributed by atoms with E-state index in [2.05, 4.69) is 15.6 Å². The maximum Gasteiger partial charge on any atom is 0.325 e. The maximum absolute atomic E-state index is 11.8. The van der Waals surface area contributed by atoms with Gasteiger partial charge < -0.3 is 19.8 Å². The van der Waals surface area contributed by atoms with Crippen LogP contribution < -0.4 is 15.4 Å². The Morgan fingerprint density at radius 3 is 3.00 bits per heavy atom. The third kappa shape index (κ3) is 3.07. The second kappa shape index (κ2) is 5.95. The molecule has 1 aliphatic rings. The minimum Gasteiger partial charge on any atom is -0.497 e. The number of ether oxygens (including phenoxy) is 1. The van der Waals surface area contributed by atoms with Gasteiger partial charge in [-0.2, -0.15) is 0 Å².